The lowest BCUT2D eigenvalue weighted by Crippen LogP contribution is -2.14. The summed E-state index contributed by atoms with van der Waals surface area (Å²) in [4.78, 5) is 0. The fourth-order valence-corrected chi connectivity index (χ4v) is 10.9. The molecule has 0 atom stereocenters. The first-order valence-electron chi connectivity index (χ1n) is 21.0. The first kappa shape index (κ1) is 33.5. The summed E-state index contributed by atoms with van der Waals surface area (Å²) in [7, 11) is 0. The van der Waals surface area contributed by atoms with Gasteiger partial charge >= 0.3 is 0 Å². The van der Waals surface area contributed by atoms with Gasteiger partial charge < -0.3 is 4.42 Å². The predicted molar refractivity (Wildman–Crippen MR) is 255 cm³/mol. The molecular weight excluding hydrogens is 725 g/mol. The number of hydrogen-bond donors (Lipinski definition) is 0. The van der Waals surface area contributed by atoms with Crippen molar-refractivity contribution in [3.05, 3.63) is 205 Å². The zero-order valence-electron chi connectivity index (χ0n) is 33.4. The van der Waals surface area contributed by atoms with Crippen molar-refractivity contribution < 1.29 is 4.42 Å². The van der Waals surface area contributed by atoms with Gasteiger partial charge in [0.2, 0.25) is 0 Å². The molecule has 0 radical (unpaired) electrons. The van der Waals surface area contributed by atoms with Crippen molar-refractivity contribution in [2.45, 2.75) is 19.3 Å². The lowest BCUT2D eigenvalue weighted by molar-refractivity contribution is 0.658. The number of hydrogen-bond acceptors (Lipinski definition) is 1. The second-order valence-corrected chi connectivity index (χ2v) is 17.1. The van der Waals surface area contributed by atoms with Crippen LogP contribution in [0.3, 0.4) is 0 Å². The van der Waals surface area contributed by atoms with E-state index in [0.717, 1.165) is 21.9 Å². The highest BCUT2D eigenvalue weighted by Gasteiger charge is 2.36. The van der Waals surface area contributed by atoms with Crippen molar-refractivity contribution in [1.82, 2.24) is 0 Å². The van der Waals surface area contributed by atoms with Gasteiger partial charge in [-0.05, 0) is 122 Å². The van der Waals surface area contributed by atoms with E-state index in [0.29, 0.717) is 0 Å². The molecule has 0 bridgehead atoms. The Labute approximate surface area is 347 Å². The summed E-state index contributed by atoms with van der Waals surface area (Å²) in [6.07, 6.45) is 0. The van der Waals surface area contributed by atoms with Gasteiger partial charge in [-0.3, -0.25) is 0 Å². The van der Waals surface area contributed by atoms with Crippen LogP contribution < -0.4 is 0 Å². The van der Waals surface area contributed by atoms with E-state index in [1.807, 2.05) is 0 Å². The Morgan fingerprint density at radius 2 is 0.783 bits per heavy atom. The van der Waals surface area contributed by atoms with Gasteiger partial charge in [-0.1, -0.05) is 190 Å². The van der Waals surface area contributed by atoms with E-state index in [1.54, 1.807) is 0 Å². The van der Waals surface area contributed by atoms with Crippen molar-refractivity contribution in [1.29, 1.82) is 0 Å². The molecule has 1 aliphatic carbocycles. The molecule has 60 heavy (non-hydrogen) atoms. The Kier molecular flexibility index (Phi) is 6.85. The summed E-state index contributed by atoms with van der Waals surface area (Å²) >= 11 is 0. The third-order valence-corrected chi connectivity index (χ3v) is 13.7. The van der Waals surface area contributed by atoms with E-state index in [-0.39, 0.29) is 5.41 Å². The van der Waals surface area contributed by atoms with Crippen LogP contribution in [0, 0.1) is 0 Å². The highest BCUT2D eigenvalue weighted by Crippen LogP contribution is 2.52. The molecule has 1 aliphatic rings. The minimum Gasteiger partial charge on any atom is -0.455 e. The van der Waals surface area contributed by atoms with Gasteiger partial charge in [-0.25, -0.2) is 0 Å². The standard InChI is InChI=1S/C59H38O/c1-59(2)53-29-14-13-22-41(53)50-34-55-51(33-54(50)59)52-32-49(39-21-7-12-27-48(39)58(52)60-55)40-30-31-47(38-20-6-5-19-37(38)40)57-45-25-10-8-23-43(45)56(44-24-9-11-26-46(44)57)42-28-15-17-35-16-3-4-18-36(35)42/h3-34H,1-2H3. The van der Waals surface area contributed by atoms with Crippen LogP contribution in [-0.4, -0.2) is 0 Å². The molecule has 0 saturated heterocycles. The molecule has 13 rings (SSSR count). The fourth-order valence-electron chi connectivity index (χ4n) is 10.9. The maximum atomic E-state index is 6.88. The SMILES string of the molecule is CC1(C)c2ccccc2-c2cc3oc4c5ccccc5c(-c5ccc(-c6c7ccccc7c(-c7cccc8ccccc78)c7ccccc67)c6ccccc56)cc4c3cc21. The Morgan fingerprint density at radius 3 is 1.47 bits per heavy atom. The lowest BCUT2D eigenvalue weighted by Gasteiger charge is -2.21. The molecule has 11 aromatic carbocycles. The summed E-state index contributed by atoms with van der Waals surface area (Å²) in [5.41, 5.74) is 14.6. The summed E-state index contributed by atoms with van der Waals surface area (Å²) in [6, 6.07) is 71.9. The molecule has 1 aromatic heterocycles. The third kappa shape index (κ3) is 4.52. The molecular formula is C59H38O. The Hall–Kier alpha value is -7.48. The minimum atomic E-state index is -0.100. The van der Waals surface area contributed by atoms with E-state index >= 15 is 0 Å². The molecule has 0 N–H and O–H groups in total. The topological polar surface area (TPSA) is 13.1 Å². The second-order valence-electron chi connectivity index (χ2n) is 17.1. The molecule has 1 heteroatoms. The molecule has 0 unspecified atom stereocenters. The average Bonchev–Trinajstić information content (AvgIpc) is 3.77. The van der Waals surface area contributed by atoms with Crippen LogP contribution in [0.25, 0.3) is 120 Å². The largest absolute Gasteiger partial charge is 0.455 e. The van der Waals surface area contributed by atoms with E-state index in [2.05, 4.69) is 208 Å². The van der Waals surface area contributed by atoms with Crippen molar-refractivity contribution in [3.8, 4) is 44.5 Å². The Bertz CT molecular complexity index is 3740. The van der Waals surface area contributed by atoms with Crippen molar-refractivity contribution in [3.63, 3.8) is 0 Å². The normalized spacial score (nSPS) is 13.3. The van der Waals surface area contributed by atoms with E-state index < -0.39 is 0 Å². The van der Waals surface area contributed by atoms with Gasteiger partial charge in [0.25, 0.3) is 0 Å². The molecule has 0 fully saturated rings. The average molecular weight is 763 g/mol. The van der Waals surface area contributed by atoms with Crippen LogP contribution in [0.5, 0.6) is 0 Å². The molecule has 0 aliphatic heterocycles. The zero-order valence-corrected chi connectivity index (χ0v) is 33.4. The van der Waals surface area contributed by atoms with Crippen LogP contribution in [0.1, 0.15) is 25.0 Å². The summed E-state index contributed by atoms with van der Waals surface area (Å²) in [5, 5.41) is 14.7. The summed E-state index contributed by atoms with van der Waals surface area (Å²) < 4.78 is 6.88. The Morgan fingerprint density at radius 1 is 0.300 bits per heavy atom. The van der Waals surface area contributed by atoms with Crippen LogP contribution in [0.4, 0.5) is 0 Å². The van der Waals surface area contributed by atoms with Crippen molar-refractivity contribution in [2.24, 2.45) is 0 Å². The van der Waals surface area contributed by atoms with Gasteiger partial charge in [0.05, 0.1) is 0 Å². The third-order valence-electron chi connectivity index (χ3n) is 13.7. The smallest absolute Gasteiger partial charge is 0.143 e. The first-order chi connectivity index (χ1) is 29.5. The monoisotopic (exact) mass is 762 g/mol. The molecule has 1 heterocycles. The predicted octanol–water partition coefficient (Wildman–Crippen LogP) is 16.7. The van der Waals surface area contributed by atoms with E-state index in [4.69, 9.17) is 4.42 Å². The quantitative estimate of drug-likeness (QED) is 0.163. The second kappa shape index (κ2) is 12.3. The summed E-state index contributed by atoms with van der Waals surface area (Å²) in [5.74, 6) is 0. The van der Waals surface area contributed by atoms with Crippen LogP contribution >= 0.6 is 0 Å². The molecule has 0 spiro atoms. The van der Waals surface area contributed by atoms with Crippen LogP contribution in [-0.2, 0) is 5.41 Å². The molecule has 1 nitrogen and oxygen atoms in total. The molecule has 280 valence electrons. The van der Waals surface area contributed by atoms with Gasteiger partial charge in [0.15, 0.2) is 0 Å². The van der Waals surface area contributed by atoms with Crippen molar-refractivity contribution >= 4 is 75.8 Å². The van der Waals surface area contributed by atoms with Gasteiger partial charge in [0, 0.05) is 21.6 Å². The Balaban J connectivity index is 1.08. The first-order valence-corrected chi connectivity index (χ1v) is 21.0. The van der Waals surface area contributed by atoms with E-state index in [9.17, 15) is 0 Å². The number of benzene rings is 11. The van der Waals surface area contributed by atoms with E-state index in [1.165, 1.54) is 109 Å². The van der Waals surface area contributed by atoms with Crippen LogP contribution in [0.15, 0.2) is 199 Å². The molecule has 12 aromatic rings. The molecule has 0 saturated carbocycles. The number of furan rings is 1. The highest BCUT2D eigenvalue weighted by molar-refractivity contribution is 6.27. The number of rotatable bonds is 3. The van der Waals surface area contributed by atoms with Crippen LogP contribution in [0.2, 0.25) is 0 Å². The maximum Gasteiger partial charge on any atom is 0.143 e. The fraction of sp³-hybridized carbons (Fsp3) is 0.0508. The molecule has 0 amide bonds. The van der Waals surface area contributed by atoms with Gasteiger partial charge in [-0.2, -0.15) is 0 Å². The summed E-state index contributed by atoms with van der Waals surface area (Å²) in [6.45, 7) is 4.70. The van der Waals surface area contributed by atoms with Gasteiger partial charge in [-0.15, -0.1) is 0 Å². The van der Waals surface area contributed by atoms with Gasteiger partial charge in [0.1, 0.15) is 11.2 Å². The highest BCUT2D eigenvalue weighted by atomic mass is 16.3. The number of fused-ring (bicyclic) bond motifs is 12. The maximum absolute atomic E-state index is 6.88. The zero-order chi connectivity index (χ0) is 39.7. The van der Waals surface area contributed by atoms with Crippen molar-refractivity contribution in [2.75, 3.05) is 0 Å². The lowest BCUT2D eigenvalue weighted by atomic mass is 9.82. The minimum absolute atomic E-state index is 0.100.